The van der Waals surface area contributed by atoms with E-state index in [-0.39, 0.29) is 0 Å². The smallest absolute Gasteiger partial charge is 0.0426 e. The van der Waals surface area contributed by atoms with Gasteiger partial charge in [-0.3, -0.25) is 0 Å². The molecule has 1 aromatic rings. The van der Waals surface area contributed by atoms with E-state index < -0.39 is 0 Å². The molecule has 0 atom stereocenters. The molecule has 1 nitrogen and oxygen atoms in total. The molecule has 0 aliphatic carbocycles. The van der Waals surface area contributed by atoms with Crippen LogP contribution in [-0.4, -0.2) is 6.54 Å². The van der Waals surface area contributed by atoms with Crippen LogP contribution in [0.15, 0.2) is 24.3 Å². The topological polar surface area (TPSA) is 12.0 Å². The lowest BCUT2D eigenvalue weighted by Gasteiger charge is -2.08. The maximum atomic E-state index is 5.82. The van der Waals surface area contributed by atoms with Crippen LogP contribution in [0.3, 0.4) is 0 Å². The molecule has 0 amide bonds. The van der Waals surface area contributed by atoms with Crippen LogP contribution in [0.4, 0.5) is 5.69 Å². The maximum Gasteiger partial charge on any atom is 0.0426 e. The minimum absolute atomic E-state index is 0.656. The molecule has 0 unspecified atom stereocenters. The minimum Gasteiger partial charge on any atom is -0.385 e. The van der Waals surface area contributed by atoms with Crippen molar-refractivity contribution in [2.75, 3.05) is 11.9 Å². The Morgan fingerprint density at radius 3 is 2.75 bits per heavy atom. The molecule has 1 rings (SSSR count). The number of nitrogens with one attached hydrogen (secondary N) is 1. The van der Waals surface area contributed by atoms with Gasteiger partial charge < -0.3 is 5.32 Å². The fourth-order valence-electron chi connectivity index (χ4n) is 0.920. The molecular formula is C10H14ClN. The third-order valence-corrected chi connectivity index (χ3v) is 1.77. The fourth-order valence-corrected chi connectivity index (χ4v) is 1.11. The number of hydrogen-bond acceptors (Lipinski definition) is 1. The SMILES string of the molecule is CC(C)CNc1cccc(Cl)c1. The van der Waals surface area contributed by atoms with Gasteiger partial charge in [0.2, 0.25) is 0 Å². The lowest BCUT2D eigenvalue weighted by Crippen LogP contribution is -2.07. The predicted octanol–water partition coefficient (Wildman–Crippen LogP) is 3.41. The Bertz CT molecular complexity index is 245. The summed E-state index contributed by atoms with van der Waals surface area (Å²) in [5, 5.41) is 4.08. The Balaban J connectivity index is 2.52. The van der Waals surface area contributed by atoms with Crippen LogP contribution in [0.2, 0.25) is 5.02 Å². The van der Waals surface area contributed by atoms with Crippen LogP contribution in [-0.2, 0) is 0 Å². The van der Waals surface area contributed by atoms with Crippen molar-refractivity contribution in [3.8, 4) is 0 Å². The van der Waals surface area contributed by atoms with Crippen LogP contribution >= 0.6 is 11.6 Å². The quantitative estimate of drug-likeness (QED) is 0.758. The monoisotopic (exact) mass is 183 g/mol. The molecule has 0 saturated carbocycles. The third kappa shape index (κ3) is 3.14. The molecule has 1 aromatic carbocycles. The van der Waals surface area contributed by atoms with E-state index in [0.29, 0.717) is 5.92 Å². The molecule has 0 aliphatic heterocycles. The average Bonchev–Trinajstić information content (AvgIpc) is 2.01. The van der Waals surface area contributed by atoms with Crippen molar-refractivity contribution in [3.05, 3.63) is 29.3 Å². The first-order valence-corrected chi connectivity index (χ1v) is 4.55. The maximum absolute atomic E-state index is 5.82. The van der Waals surface area contributed by atoms with Crippen LogP contribution in [0.1, 0.15) is 13.8 Å². The second-order valence-electron chi connectivity index (χ2n) is 3.29. The molecule has 0 aliphatic rings. The molecule has 12 heavy (non-hydrogen) atoms. The molecule has 0 spiro atoms. The number of hydrogen-bond donors (Lipinski definition) is 1. The molecule has 0 fully saturated rings. The van der Waals surface area contributed by atoms with E-state index in [2.05, 4.69) is 19.2 Å². The van der Waals surface area contributed by atoms with E-state index in [9.17, 15) is 0 Å². The van der Waals surface area contributed by atoms with Gasteiger partial charge in [0.05, 0.1) is 0 Å². The molecule has 0 aromatic heterocycles. The standard InChI is InChI=1S/C10H14ClN/c1-8(2)7-12-10-5-3-4-9(11)6-10/h3-6,8,12H,7H2,1-2H3. The highest BCUT2D eigenvalue weighted by Crippen LogP contribution is 2.14. The van der Waals surface area contributed by atoms with E-state index in [1.165, 1.54) is 0 Å². The molecule has 66 valence electrons. The average molecular weight is 184 g/mol. The zero-order valence-corrected chi connectivity index (χ0v) is 8.23. The summed E-state index contributed by atoms with van der Waals surface area (Å²) in [6.07, 6.45) is 0. The van der Waals surface area contributed by atoms with Gasteiger partial charge in [0.15, 0.2) is 0 Å². The van der Waals surface area contributed by atoms with Gasteiger partial charge >= 0.3 is 0 Å². The van der Waals surface area contributed by atoms with Gasteiger partial charge in [-0.05, 0) is 24.1 Å². The van der Waals surface area contributed by atoms with E-state index >= 15 is 0 Å². The summed E-state index contributed by atoms with van der Waals surface area (Å²) in [5.41, 5.74) is 1.09. The van der Waals surface area contributed by atoms with Crippen LogP contribution in [0, 0.1) is 5.92 Å². The Morgan fingerprint density at radius 2 is 2.17 bits per heavy atom. The van der Waals surface area contributed by atoms with Crippen molar-refractivity contribution in [3.63, 3.8) is 0 Å². The highest BCUT2D eigenvalue weighted by Gasteiger charge is 1.94. The molecule has 0 radical (unpaired) electrons. The number of rotatable bonds is 3. The summed E-state index contributed by atoms with van der Waals surface area (Å²) in [6, 6.07) is 7.78. The number of halogens is 1. The molecule has 0 saturated heterocycles. The van der Waals surface area contributed by atoms with Crippen molar-refractivity contribution in [2.24, 2.45) is 5.92 Å². The van der Waals surface area contributed by atoms with E-state index in [1.54, 1.807) is 0 Å². The zero-order chi connectivity index (χ0) is 8.97. The summed E-state index contributed by atoms with van der Waals surface area (Å²) in [7, 11) is 0. The summed E-state index contributed by atoms with van der Waals surface area (Å²) < 4.78 is 0. The van der Waals surface area contributed by atoms with Gasteiger partial charge in [0, 0.05) is 17.3 Å². The van der Waals surface area contributed by atoms with Crippen molar-refractivity contribution >= 4 is 17.3 Å². The van der Waals surface area contributed by atoms with Crippen LogP contribution < -0.4 is 5.32 Å². The first-order valence-electron chi connectivity index (χ1n) is 4.18. The summed E-state index contributed by atoms with van der Waals surface area (Å²) >= 11 is 5.82. The first-order chi connectivity index (χ1) is 5.68. The Morgan fingerprint density at radius 1 is 1.42 bits per heavy atom. The highest BCUT2D eigenvalue weighted by molar-refractivity contribution is 6.30. The first kappa shape index (κ1) is 9.40. The number of benzene rings is 1. The second kappa shape index (κ2) is 4.36. The van der Waals surface area contributed by atoms with Gasteiger partial charge in [-0.2, -0.15) is 0 Å². The van der Waals surface area contributed by atoms with Gasteiger partial charge in [-0.1, -0.05) is 31.5 Å². The predicted molar refractivity (Wildman–Crippen MR) is 54.8 cm³/mol. The van der Waals surface area contributed by atoms with Crippen molar-refractivity contribution in [2.45, 2.75) is 13.8 Å². The van der Waals surface area contributed by atoms with Crippen molar-refractivity contribution < 1.29 is 0 Å². The Labute approximate surface area is 78.7 Å². The Kier molecular flexibility index (Phi) is 3.42. The molecular weight excluding hydrogens is 170 g/mol. The summed E-state index contributed by atoms with van der Waals surface area (Å²) in [6.45, 7) is 5.34. The Hall–Kier alpha value is -0.690. The largest absolute Gasteiger partial charge is 0.385 e. The van der Waals surface area contributed by atoms with Gasteiger partial charge in [0.1, 0.15) is 0 Å². The minimum atomic E-state index is 0.656. The van der Waals surface area contributed by atoms with Crippen LogP contribution in [0.25, 0.3) is 0 Å². The fraction of sp³-hybridized carbons (Fsp3) is 0.400. The van der Waals surface area contributed by atoms with Gasteiger partial charge in [-0.25, -0.2) is 0 Å². The lowest BCUT2D eigenvalue weighted by molar-refractivity contribution is 0.689. The van der Waals surface area contributed by atoms with Crippen molar-refractivity contribution in [1.29, 1.82) is 0 Å². The van der Waals surface area contributed by atoms with E-state index in [4.69, 9.17) is 11.6 Å². The highest BCUT2D eigenvalue weighted by atomic mass is 35.5. The van der Waals surface area contributed by atoms with Crippen LogP contribution in [0.5, 0.6) is 0 Å². The third-order valence-electron chi connectivity index (χ3n) is 1.54. The lowest BCUT2D eigenvalue weighted by atomic mass is 10.2. The summed E-state index contributed by atoms with van der Waals surface area (Å²) in [5.74, 6) is 0.656. The van der Waals surface area contributed by atoms with E-state index in [1.807, 2.05) is 24.3 Å². The number of anilines is 1. The second-order valence-corrected chi connectivity index (χ2v) is 3.72. The van der Waals surface area contributed by atoms with Gasteiger partial charge in [-0.15, -0.1) is 0 Å². The normalized spacial score (nSPS) is 10.3. The molecule has 0 heterocycles. The van der Waals surface area contributed by atoms with Gasteiger partial charge in [0.25, 0.3) is 0 Å². The summed E-state index contributed by atoms with van der Waals surface area (Å²) in [4.78, 5) is 0. The zero-order valence-electron chi connectivity index (χ0n) is 7.47. The molecule has 2 heteroatoms. The molecule has 0 bridgehead atoms. The molecule has 1 N–H and O–H groups in total. The van der Waals surface area contributed by atoms with Crippen molar-refractivity contribution in [1.82, 2.24) is 0 Å². The van der Waals surface area contributed by atoms with E-state index in [0.717, 1.165) is 17.3 Å².